The van der Waals surface area contributed by atoms with Gasteiger partial charge in [0.15, 0.2) is 9.84 Å². The number of amides is 3. The second kappa shape index (κ2) is 9.59. The van der Waals surface area contributed by atoms with Gasteiger partial charge in [-0.2, -0.15) is 5.10 Å². The zero-order valence-corrected chi connectivity index (χ0v) is 18.6. The molecule has 0 bridgehead atoms. The zero-order chi connectivity index (χ0) is 22.6. The molecule has 3 amide bonds. The van der Waals surface area contributed by atoms with Crippen LogP contribution in [0.25, 0.3) is 0 Å². The van der Waals surface area contributed by atoms with Crippen LogP contribution in [0.5, 0.6) is 0 Å². The molecule has 0 radical (unpaired) electrons. The molecule has 1 saturated heterocycles. The molecule has 2 heterocycles. The van der Waals surface area contributed by atoms with Crippen LogP contribution in [0.3, 0.4) is 0 Å². The van der Waals surface area contributed by atoms with E-state index in [9.17, 15) is 22.8 Å². The van der Waals surface area contributed by atoms with E-state index in [2.05, 4.69) is 15.7 Å². The molecular formula is C21H28N4O5S. The number of hydrogen-bond donors (Lipinski definition) is 2. The summed E-state index contributed by atoms with van der Waals surface area (Å²) in [5.41, 5.74) is 1.68. The van der Waals surface area contributed by atoms with E-state index < -0.39 is 21.8 Å². The Kier molecular flexibility index (Phi) is 7.09. The van der Waals surface area contributed by atoms with E-state index in [0.29, 0.717) is 18.5 Å². The average Bonchev–Trinajstić information content (AvgIpc) is 3.05. The highest BCUT2D eigenvalue weighted by atomic mass is 32.2. The fourth-order valence-electron chi connectivity index (χ4n) is 3.61. The van der Waals surface area contributed by atoms with E-state index in [4.69, 9.17) is 0 Å². The van der Waals surface area contributed by atoms with Crippen LogP contribution in [0.2, 0.25) is 0 Å². The number of carbonyl (C=O) groups excluding carboxylic acids is 3. The van der Waals surface area contributed by atoms with Gasteiger partial charge in [0.2, 0.25) is 11.8 Å². The van der Waals surface area contributed by atoms with Crippen LogP contribution < -0.4 is 10.6 Å². The van der Waals surface area contributed by atoms with Gasteiger partial charge in [0, 0.05) is 31.5 Å². The Morgan fingerprint density at radius 2 is 2.03 bits per heavy atom. The van der Waals surface area contributed by atoms with Crippen LogP contribution in [0, 0.1) is 5.92 Å². The summed E-state index contributed by atoms with van der Waals surface area (Å²) in [6.45, 7) is 4.18. The van der Waals surface area contributed by atoms with E-state index >= 15 is 0 Å². The molecule has 31 heavy (non-hydrogen) atoms. The lowest BCUT2D eigenvalue weighted by atomic mass is 10.1. The Hall–Kier alpha value is -2.75. The summed E-state index contributed by atoms with van der Waals surface area (Å²) in [7, 11) is -3.17. The minimum absolute atomic E-state index is 0.0303. The summed E-state index contributed by atoms with van der Waals surface area (Å²) in [4.78, 5) is 36.7. The molecule has 1 aromatic carbocycles. The number of nitrogens with one attached hydrogen (secondary N) is 2. The molecule has 0 aromatic heterocycles. The van der Waals surface area contributed by atoms with Crippen molar-refractivity contribution in [3.63, 3.8) is 0 Å². The van der Waals surface area contributed by atoms with Crippen molar-refractivity contribution in [3.05, 3.63) is 29.8 Å². The first-order valence-electron chi connectivity index (χ1n) is 10.4. The topological polar surface area (TPSA) is 125 Å². The number of rotatable bonds is 7. The Morgan fingerprint density at radius 3 is 2.71 bits per heavy atom. The molecule has 1 aromatic rings. The minimum atomic E-state index is -3.17. The Labute approximate surface area is 182 Å². The van der Waals surface area contributed by atoms with Crippen molar-refractivity contribution in [3.8, 4) is 0 Å². The molecule has 1 atom stereocenters. The van der Waals surface area contributed by atoms with Crippen molar-refractivity contribution in [1.29, 1.82) is 0 Å². The van der Waals surface area contributed by atoms with Crippen molar-refractivity contribution in [2.24, 2.45) is 11.0 Å². The minimum Gasteiger partial charge on any atom is -0.347 e. The van der Waals surface area contributed by atoms with Crippen LogP contribution in [0.1, 0.15) is 45.1 Å². The van der Waals surface area contributed by atoms with Crippen LogP contribution in [0.4, 0.5) is 5.69 Å². The quantitative estimate of drug-likeness (QED) is 0.653. The van der Waals surface area contributed by atoms with Crippen molar-refractivity contribution in [1.82, 2.24) is 10.3 Å². The first-order valence-corrected chi connectivity index (χ1v) is 12.2. The molecule has 0 spiro atoms. The number of nitrogens with zero attached hydrogens (tertiary/aromatic N) is 2. The third-order valence-corrected chi connectivity index (χ3v) is 6.88. The van der Waals surface area contributed by atoms with E-state index in [1.165, 1.54) is 5.01 Å². The number of carbonyl (C=O) groups is 3. The molecule has 2 N–H and O–H groups in total. The Morgan fingerprint density at radius 1 is 1.26 bits per heavy atom. The smallest absolute Gasteiger partial charge is 0.267 e. The van der Waals surface area contributed by atoms with Crippen molar-refractivity contribution < 1.29 is 22.8 Å². The third kappa shape index (κ3) is 6.36. The first-order chi connectivity index (χ1) is 14.6. The highest BCUT2D eigenvalue weighted by Gasteiger charge is 2.37. The molecule has 0 aliphatic carbocycles. The first kappa shape index (κ1) is 22.9. The van der Waals surface area contributed by atoms with Gasteiger partial charge in [0.1, 0.15) is 5.71 Å². The van der Waals surface area contributed by atoms with Crippen LogP contribution in [-0.4, -0.2) is 54.4 Å². The summed E-state index contributed by atoms with van der Waals surface area (Å²) in [6, 6.07) is 6.70. The lowest BCUT2D eigenvalue weighted by Gasteiger charge is -2.27. The second-order valence-electron chi connectivity index (χ2n) is 8.37. The second-order valence-corrected chi connectivity index (χ2v) is 10.6. The molecule has 2 aliphatic heterocycles. The van der Waals surface area contributed by atoms with Crippen molar-refractivity contribution in [2.75, 3.05) is 16.8 Å². The lowest BCUT2D eigenvalue weighted by Crippen LogP contribution is -2.43. The van der Waals surface area contributed by atoms with Crippen molar-refractivity contribution in [2.45, 2.75) is 52.1 Å². The predicted octanol–water partition coefficient (Wildman–Crippen LogP) is 1.45. The standard InChI is InChI=1S/C21H28N4O5S/c1-14(2)10-19(26)23-16-5-3-4-15(11-16)12-22-21(28)18-6-7-20(27)25(24-18)17-8-9-31(29,30)13-17/h3-5,11,14,17H,6-10,12-13H2,1-2H3,(H,22,28)(H,23,26). The summed E-state index contributed by atoms with van der Waals surface area (Å²) >= 11 is 0. The molecule has 10 heteroatoms. The lowest BCUT2D eigenvalue weighted by molar-refractivity contribution is -0.133. The van der Waals surface area contributed by atoms with Crippen molar-refractivity contribution >= 4 is 39.0 Å². The molecule has 9 nitrogen and oxygen atoms in total. The summed E-state index contributed by atoms with van der Waals surface area (Å²) < 4.78 is 23.4. The number of benzene rings is 1. The van der Waals surface area contributed by atoms with Gasteiger partial charge >= 0.3 is 0 Å². The van der Waals surface area contributed by atoms with Crippen LogP contribution in [0.15, 0.2) is 29.4 Å². The number of anilines is 1. The van der Waals surface area contributed by atoms with Gasteiger partial charge < -0.3 is 10.6 Å². The summed E-state index contributed by atoms with van der Waals surface area (Å²) in [6.07, 6.45) is 1.10. The normalized spacial score (nSPS) is 20.5. The van der Waals surface area contributed by atoms with Gasteiger partial charge in [-0.25, -0.2) is 13.4 Å². The van der Waals surface area contributed by atoms with Gasteiger partial charge in [-0.1, -0.05) is 26.0 Å². The van der Waals surface area contributed by atoms with Gasteiger partial charge in [0.05, 0.1) is 17.5 Å². The highest BCUT2D eigenvalue weighted by Crippen LogP contribution is 2.22. The molecule has 168 valence electrons. The highest BCUT2D eigenvalue weighted by molar-refractivity contribution is 7.91. The SMILES string of the molecule is CC(C)CC(=O)Nc1cccc(CNC(=O)C2=NN(C3CCS(=O)(=O)C3)C(=O)CC2)c1. The number of hydrazone groups is 1. The van der Waals surface area contributed by atoms with E-state index in [-0.39, 0.29) is 54.3 Å². The van der Waals surface area contributed by atoms with E-state index in [0.717, 1.165) is 5.56 Å². The summed E-state index contributed by atoms with van der Waals surface area (Å²) in [5, 5.41) is 11.0. The molecule has 1 fully saturated rings. The number of hydrogen-bond acceptors (Lipinski definition) is 6. The number of sulfone groups is 1. The van der Waals surface area contributed by atoms with Gasteiger partial charge in [0.25, 0.3) is 5.91 Å². The Balaban J connectivity index is 1.60. The average molecular weight is 449 g/mol. The van der Waals surface area contributed by atoms with Crippen LogP contribution >= 0.6 is 0 Å². The molecule has 2 aliphatic rings. The fourth-order valence-corrected chi connectivity index (χ4v) is 5.31. The molecule has 3 rings (SSSR count). The third-order valence-electron chi connectivity index (χ3n) is 5.13. The zero-order valence-electron chi connectivity index (χ0n) is 17.8. The van der Waals surface area contributed by atoms with E-state index in [1.807, 2.05) is 19.9 Å². The maximum atomic E-state index is 12.6. The fraction of sp³-hybridized carbons (Fsp3) is 0.524. The molecule has 0 saturated carbocycles. The summed E-state index contributed by atoms with van der Waals surface area (Å²) in [5.74, 6) is -0.549. The molecular weight excluding hydrogens is 420 g/mol. The van der Waals surface area contributed by atoms with Gasteiger partial charge in [-0.3, -0.25) is 14.4 Å². The largest absolute Gasteiger partial charge is 0.347 e. The molecule has 1 unspecified atom stereocenters. The van der Waals surface area contributed by atoms with Gasteiger partial charge in [-0.15, -0.1) is 0 Å². The van der Waals surface area contributed by atoms with E-state index in [1.54, 1.807) is 18.2 Å². The van der Waals surface area contributed by atoms with Gasteiger partial charge in [-0.05, 0) is 30.0 Å². The monoisotopic (exact) mass is 448 g/mol. The predicted molar refractivity (Wildman–Crippen MR) is 117 cm³/mol. The maximum absolute atomic E-state index is 12.6. The Bertz CT molecular complexity index is 1000. The van der Waals surface area contributed by atoms with Crippen LogP contribution in [-0.2, 0) is 30.8 Å². The maximum Gasteiger partial charge on any atom is 0.267 e.